The summed E-state index contributed by atoms with van der Waals surface area (Å²) in [6.07, 6.45) is 1.03. The lowest BCUT2D eigenvalue weighted by Gasteiger charge is -2.17. The van der Waals surface area contributed by atoms with Crippen LogP contribution in [0.15, 0.2) is 35.7 Å². The van der Waals surface area contributed by atoms with Crippen LogP contribution < -0.4 is 10.1 Å². The average Bonchev–Trinajstić information content (AvgIpc) is 3.05. The molecule has 18 heavy (non-hydrogen) atoms. The van der Waals surface area contributed by atoms with E-state index in [4.69, 9.17) is 4.74 Å². The third-order valence-corrected chi connectivity index (χ3v) is 4.22. The van der Waals surface area contributed by atoms with E-state index in [1.807, 2.05) is 0 Å². The van der Waals surface area contributed by atoms with Gasteiger partial charge in [0.15, 0.2) is 0 Å². The molecule has 0 amide bonds. The second-order valence-corrected chi connectivity index (χ2v) is 5.45. The molecular weight excluding hydrogens is 242 g/mol. The van der Waals surface area contributed by atoms with Crippen LogP contribution in [-0.4, -0.2) is 13.2 Å². The van der Waals surface area contributed by atoms with Gasteiger partial charge in [0.2, 0.25) is 0 Å². The van der Waals surface area contributed by atoms with Crippen molar-refractivity contribution in [1.82, 2.24) is 5.32 Å². The number of benzene rings is 1. The second kappa shape index (κ2) is 5.12. The average molecular weight is 259 g/mol. The highest BCUT2D eigenvalue weighted by Gasteiger charge is 2.18. The maximum Gasteiger partial charge on any atom is 0.122 e. The van der Waals surface area contributed by atoms with Gasteiger partial charge in [0.1, 0.15) is 5.75 Å². The largest absolute Gasteiger partial charge is 0.493 e. The van der Waals surface area contributed by atoms with Crippen molar-refractivity contribution in [2.75, 3.05) is 13.2 Å². The van der Waals surface area contributed by atoms with Gasteiger partial charge in [-0.3, -0.25) is 0 Å². The SMILES string of the molecule is CCNC(c1ccc2c(c1)CCO2)c1cccs1. The maximum atomic E-state index is 5.57. The van der Waals surface area contributed by atoms with Crippen molar-refractivity contribution in [3.63, 3.8) is 0 Å². The summed E-state index contributed by atoms with van der Waals surface area (Å²) in [5, 5.41) is 5.70. The number of hydrogen-bond acceptors (Lipinski definition) is 3. The molecule has 1 N–H and O–H groups in total. The lowest BCUT2D eigenvalue weighted by molar-refractivity contribution is 0.357. The summed E-state index contributed by atoms with van der Waals surface area (Å²) < 4.78 is 5.57. The Morgan fingerprint density at radius 1 is 1.39 bits per heavy atom. The number of rotatable bonds is 4. The molecule has 0 saturated heterocycles. The summed E-state index contributed by atoms with van der Waals surface area (Å²) in [5.74, 6) is 1.06. The fourth-order valence-electron chi connectivity index (χ4n) is 2.43. The summed E-state index contributed by atoms with van der Waals surface area (Å²) in [5.41, 5.74) is 2.68. The van der Waals surface area contributed by atoms with Crippen LogP contribution in [0, 0.1) is 0 Å². The molecule has 0 bridgehead atoms. The molecule has 2 aromatic rings. The summed E-state index contributed by atoms with van der Waals surface area (Å²) in [4.78, 5) is 1.37. The molecule has 94 valence electrons. The standard InChI is InChI=1S/C15H17NOS/c1-2-16-15(14-4-3-9-18-14)12-5-6-13-11(10-12)7-8-17-13/h3-6,9-10,15-16H,2,7-8H2,1H3. The molecule has 0 fully saturated rings. The summed E-state index contributed by atoms with van der Waals surface area (Å²) in [6.45, 7) is 3.94. The summed E-state index contributed by atoms with van der Waals surface area (Å²) >= 11 is 1.81. The van der Waals surface area contributed by atoms with Gasteiger partial charge in [0.25, 0.3) is 0 Å². The van der Waals surface area contributed by atoms with E-state index in [1.165, 1.54) is 16.0 Å². The minimum Gasteiger partial charge on any atom is -0.493 e. The molecule has 3 heteroatoms. The van der Waals surface area contributed by atoms with Gasteiger partial charge in [-0.25, -0.2) is 0 Å². The molecule has 1 aliphatic rings. The molecule has 3 rings (SSSR count). The quantitative estimate of drug-likeness (QED) is 0.909. The van der Waals surface area contributed by atoms with Gasteiger partial charge in [-0.1, -0.05) is 25.1 Å². The molecule has 0 spiro atoms. The van der Waals surface area contributed by atoms with E-state index >= 15 is 0 Å². The van der Waals surface area contributed by atoms with Crippen LogP contribution in [0.5, 0.6) is 5.75 Å². The third-order valence-electron chi connectivity index (χ3n) is 3.28. The van der Waals surface area contributed by atoms with Gasteiger partial charge >= 0.3 is 0 Å². The molecule has 1 aromatic heterocycles. The lowest BCUT2D eigenvalue weighted by atomic mass is 10.0. The van der Waals surface area contributed by atoms with Crippen LogP contribution in [0.3, 0.4) is 0 Å². The van der Waals surface area contributed by atoms with Crippen LogP contribution in [0.4, 0.5) is 0 Å². The summed E-state index contributed by atoms with van der Waals surface area (Å²) in [7, 11) is 0. The molecule has 2 nitrogen and oxygen atoms in total. The highest BCUT2D eigenvalue weighted by atomic mass is 32.1. The Morgan fingerprint density at radius 2 is 2.33 bits per heavy atom. The highest BCUT2D eigenvalue weighted by molar-refractivity contribution is 7.10. The molecule has 1 aromatic carbocycles. The molecule has 0 aliphatic carbocycles. The Morgan fingerprint density at radius 3 is 3.11 bits per heavy atom. The zero-order valence-electron chi connectivity index (χ0n) is 10.5. The number of hydrogen-bond donors (Lipinski definition) is 1. The zero-order valence-corrected chi connectivity index (χ0v) is 11.3. The second-order valence-electron chi connectivity index (χ2n) is 4.47. The Kier molecular flexibility index (Phi) is 3.35. The van der Waals surface area contributed by atoms with Gasteiger partial charge in [-0.2, -0.15) is 0 Å². The fourth-order valence-corrected chi connectivity index (χ4v) is 3.26. The van der Waals surface area contributed by atoms with Gasteiger partial charge < -0.3 is 10.1 Å². The van der Waals surface area contributed by atoms with Crippen molar-refractivity contribution in [3.05, 3.63) is 51.7 Å². The van der Waals surface area contributed by atoms with Crippen molar-refractivity contribution in [1.29, 1.82) is 0 Å². The zero-order chi connectivity index (χ0) is 12.4. The number of thiophene rings is 1. The van der Waals surface area contributed by atoms with E-state index in [0.29, 0.717) is 6.04 Å². The van der Waals surface area contributed by atoms with Gasteiger partial charge in [0.05, 0.1) is 12.6 Å². The van der Waals surface area contributed by atoms with Gasteiger partial charge in [-0.15, -0.1) is 11.3 Å². The van der Waals surface area contributed by atoms with Crippen LogP contribution in [-0.2, 0) is 6.42 Å². The van der Waals surface area contributed by atoms with E-state index in [0.717, 1.165) is 25.3 Å². The molecular formula is C15H17NOS. The van der Waals surface area contributed by atoms with E-state index in [-0.39, 0.29) is 0 Å². The van der Waals surface area contributed by atoms with Crippen LogP contribution >= 0.6 is 11.3 Å². The minimum absolute atomic E-state index is 0.306. The number of nitrogens with one attached hydrogen (secondary N) is 1. The smallest absolute Gasteiger partial charge is 0.122 e. The van der Waals surface area contributed by atoms with Crippen LogP contribution in [0.25, 0.3) is 0 Å². The Balaban J connectivity index is 1.95. The predicted octanol–water partition coefficient (Wildman–Crippen LogP) is 3.38. The van der Waals surface area contributed by atoms with Crippen molar-refractivity contribution in [2.45, 2.75) is 19.4 Å². The minimum atomic E-state index is 0.306. The normalized spacial score (nSPS) is 15.2. The van der Waals surface area contributed by atoms with E-state index in [9.17, 15) is 0 Å². The molecule has 1 atom stereocenters. The first-order valence-corrected chi connectivity index (χ1v) is 7.29. The Labute approximate surface area is 112 Å². The molecule has 0 saturated carbocycles. The maximum absolute atomic E-state index is 5.57. The Hall–Kier alpha value is -1.32. The third kappa shape index (κ3) is 2.16. The molecule has 2 heterocycles. The number of ether oxygens (including phenoxy) is 1. The first-order valence-electron chi connectivity index (χ1n) is 6.41. The molecule has 0 radical (unpaired) electrons. The van der Waals surface area contributed by atoms with Crippen LogP contribution in [0.1, 0.15) is 29.0 Å². The van der Waals surface area contributed by atoms with Crippen molar-refractivity contribution in [2.24, 2.45) is 0 Å². The van der Waals surface area contributed by atoms with E-state index in [1.54, 1.807) is 11.3 Å². The monoisotopic (exact) mass is 259 g/mol. The van der Waals surface area contributed by atoms with Crippen molar-refractivity contribution in [3.8, 4) is 5.75 Å². The first kappa shape index (κ1) is 11.8. The Bertz CT molecular complexity index is 521. The highest BCUT2D eigenvalue weighted by Crippen LogP contribution is 2.31. The van der Waals surface area contributed by atoms with Crippen molar-refractivity contribution >= 4 is 11.3 Å². The van der Waals surface area contributed by atoms with Crippen molar-refractivity contribution < 1.29 is 4.74 Å². The lowest BCUT2D eigenvalue weighted by Crippen LogP contribution is -2.21. The summed E-state index contributed by atoms with van der Waals surface area (Å²) in [6, 6.07) is 11.2. The fraction of sp³-hybridized carbons (Fsp3) is 0.333. The molecule has 1 unspecified atom stereocenters. The van der Waals surface area contributed by atoms with Gasteiger partial charge in [0, 0.05) is 11.3 Å². The topological polar surface area (TPSA) is 21.3 Å². The number of fused-ring (bicyclic) bond motifs is 1. The predicted molar refractivity (Wildman–Crippen MR) is 75.5 cm³/mol. The molecule has 1 aliphatic heterocycles. The van der Waals surface area contributed by atoms with E-state index in [2.05, 4.69) is 48.0 Å². The van der Waals surface area contributed by atoms with E-state index < -0.39 is 0 Å². The van der Waals surface area contributed by atoms with Gasteiger partial charge in [-0.05, 0) is 35.2 Å². The van der Waals surface area contributed by atoms with Crippen LogP contribution in [0.2, 0.25) is 0 Å². The first-order chi connectivity index (χ1) is 8.88.